The Morgan fingerprint density at radius 1 is 1.29 bits per heavy atom. The molecule has 0 spiro atoms. The molecule has 1 aromatic rings. The molecule has 1 heterocycles. The first kappa shape index (κ1) is 14.0. The summed E-state index contributed by atoms with van der Waals surface area (Å²) in [6, 6.07) is 0. The van der Waals surface area contributed by atoms with Crippen molar-refractivity contribution in [3.8, 4) is 0 Å². The largest absolute Gasteiger partial charge is 0.389 e. The fourth-order valence-electron chi connectivity index (χ4n) is 1.38. The average molecular weight is 251 g/mol. The Morgan fingerprint density at radius 2 is 1.94 bits per heavy atom. The molecule has 0 aromatic carbocycles. The highest BCUT2D eigenvalue weighted by atomic mass is 19.4. The maximum absolute atomic E-state index is 12.0. The summed E-state index contributed by atoms with van der Waals surface area (Å²) < 4.78 is 41.0. The summed E-state index contributed by atoms with van der Waals surface area (Å²) in [5.74, 6) is 0.389. The Morgan fingerprint density at radius 3 is 2.47 bits per heavy atom. The second kappa shape index (κ2) is 5.03. The summed E-state index contributed by atoms with van der Waals surface area (Å²) in [5.41, 5.74) is -0.530. The number of alkyl halides is 3. The highest BCUT2D eigenvalue weighted by molar-refractivity contribution is 4.99. The van der Waals surface area contributed by atoms with Crippen LogP contribution in [0.1, 0.15) is 38.9 Å². The molecule has 0 aliphatic carbocycles. The number of nitrogens with one attached hydrogen (secondary N) is 1. The molecular weight excluding hydrogens is 235 g/mol. The van der Waals surface area contributed by atoms with Gasteiger partial charge in [-0.25, -0.2) is 0 Å². The topological polar surface area (TPSA) is 51.0 Å². The minimum atomic E-state index is -4.20. The normalized spacial score (nSPS) is 13.1. The van der Waals surface area contributed by atoms with Gasteiger partial charge in [-0.2, -0.15) is 18.2 Å². The van der Waals surface area contributed by atoms with E-state index in [0.29, 0.717) is 12.4 Å². The number of hydrogen-bond donors (Lipinski definition) is 1. The van der Waals surface area contributed by atoms with Crippen molar-refractivity contribution >= 4 is 0 Å². The Balaban J connectivity index is 2.65. The van der Waals surface area contributed by atoms with E-state index >= 15 is 0 Å². The molecule has 0 aliphatic rings. The highest BCUT2D eigenvalue weighted by Crippen LogP contribution is 2.22. The second-order valence-corrected chi connectivity index (χ2v) is 4.29. The maximum Gasteiger partial charge on any atom is 0.389 e. The number of halogens is 3. The summed E-state index contributed by atoms with van der Waals surface area (Å²) >= 11 is 0. The Bertz CT molecular complexity index is 360. The summed E-state index contributed by atoms with van der Waals surface area (Å²) in [4.78, 5) is 3.96. The molecule has 0 saturated carbocycles. The Hall–Kier alpha value is -1.11. The smallest absolute Gasteiger partial charge is 0.337 e. The van der Waals surface area contributed by atoms with Crippen LogP contribution in [-0.4, -0.2) is 22.9 Å². The number of aromatic nitrogens is 2. The van der Waals surface area contributed by atoms with Crippen molar-refractivity contribution in [2.75, 3.05) is 6.54 Å². The van der Waals surface area contributed by atoms with Gasteiger partial charge in [-0.15, -0.1) is 0 Å². The van der Waals surface area contributed by atoms with Gasteiger partial charge in [0.15, 0.2) is 5.82 Å². The van der Waals surface area contributed by atoms with E-state index < -0.39 is 18.1 Å². The molecule has 17 heavy (non-hydrogen) atoms. The average Bonchev–Trinajstić information content (AvgIpc) is 2.62. The van der Waals surface area contributed by atoms with Crippen molar-refractivity contribution in [1.29, 1.82) is 0 Å². The lowest BCUT2D eigenvalue weighted by Gasteiger charge is -2.20. The van der Waals surface area contributed by atoms with Gasteiger partial charge in [0.25, 0.3) is 0 Å². The molecule has 98 valence electrons. The minimum Gasteiger partial charge on any atom is -0.337 e. The van der Waals surface area contributed by atoms with E-state index in [-0.39, 0.29) is 12.2 Å². The lowest BCUT2D eigenvalue weighted by molar-refractivity contribution is -0.134. The van der Waals surface area contributed by atoms with Gasteiger partial charge >= 0.3 is 6.18 Å². The molecule has 7 heteroatoms. The van der Waals surface area contributed by atoms with Crippen LogP contribution in [0.4, 0.5) is 13.2 Å². The fraction of sp³-hybridized carbons (Fsp3) is 0.800. The van der Waals surface area contributed by atoms with Gasteiger partial charge < -0.3 is 9.84 Å². The molecule has 4 nitrogen and oxygen atoms in total. The monoisotopic (exact) mass is 251 g/mol. The van der Waals surface area contributed by atoms with Crippen LogP contribution in [0, 0.1) is 0 Å². The molecule has 0 saturated heterocycles. The van der Waals surface area contributed by atoms with Crippen molar-refractivity contribution in [3.63, 3.8) is 0 Å². The quantitative estimate of drug-likeness (QED) is 0.873. The molecule has 0 aliphatic heterocycles. The van der Waals surface area contributed by atoms with Crippen molar-refractivity contribution in [1.82, 2.24) is 15.5 Å². The van der Waals surface area contributed by atoms with Gasteiger partial charge in [-0.1, -0.05) is 12.1 Å². The molecule has 0 unspecified atom stereocenters. The Kier molecular flexibility index (Phi) is 4.13. The molecule has 0 amide bonds. The van der Waals surface area contributed by atoms with E-state index in [4.69, 9.17) is 4.52 Å². The van der Waals surface area contributed by atoms with Crippen LogP contribution in [0.25, 0.3) is 0 Å². The third kappa shape index (κ3) is 4.33. The minimum absolute atomic E-state index is 0.0864. The van der Waals surface area contributed by atoms with Crippen LogP contribution in [0.5, 0.6) is 0 Å². The highest BCUT2D eigenvalue weighted by Gasteiger charge is 2.30. The molecule has 0 fully saturated rings. The molecule has 1 aromatic heterocycles. The van der Waals surface area contributed by atoms with E-state index in [1.54, 1.807) is 0 Å². The van der Waals surface area contributed by atoms with Crippen LogP contribution in [0.3, 0.4) is 0 Å². The van der Waals surface area contributed by atoms with Crippen LogP contribution in [0.2, 0.25) is 0 Å². The summed E-state index contributed by atoms with van der Waals surface area (Å²) in [7, 11) is 0. The van der Waals surface area contributed by atoms with Gasteiger partial charge in [0.05, 0.1) is 12.0 Å². The predicted octanol–water partition coefficient (Wildman–Crippen LogP) is 2.41. The standard InChI is InChI=1S/C10H16F3N3O/c1-4-14-9(2,3)8-15-7(16-17-8)5-6-10(11,12)13/h14H,4-6H2,1-3H3. The van der Waals surface area contributed by atoms with Gasteiger partial charge in [0.1, 0.15) is 0 Å². The van der Waals surface area contributed by atoms with Crippen molar-refractivity contribution in [2.45, 2.75) is 45.3 Å². The molecule has 1 N–H and O–H groups in total. The lowest BCUT2D eigenvalue weighted by atomic mass is 10.1. The van der Waals surface area contributed by atoms with Crippen LogP contribution < -0.4 is 5.32 Å². The SMILES string of the molecule is CCNC(C)(C)c1nc(CCC(F)(F)F)no1. The van der Waals surface area contributed by atoms with Gasteiger partial charge in [-0.3, -0.25) is 0 Å². The fourth-order valence-corrected chi connectivity index (χ4v) is 1.38. The number of hydrogen-bond acceptors (Lipinski definition) is 4. The first-order valence-corrected chi connectivity index (χ1v) is 5.39. The van der Waals surface area contributed by atoms with E-state index in [0.717, 1.165) is 0 Å². The van der Waals surface area contributed by atoms with Gasteiger partial charge in [-0.05, 0) is 20.4 Å². The van der Waals surface area contributed by atoms with Gasteiger partial charge in [0, 0.05) is 6.42 Å². The molecule has 1 rings (SSSR count). The third-order valence-electron chi connectivity index (χ3n) is 2.25. The third-order valence-corrected chi connectivity index (χ3v) is 2.25. The van der Waals surface area contributed by atoms with Gasteiger partial charge in [0.2, 0.25) is 5.89 Å². The van der Waals surface area contributed by atoms with E-state index in [1.807, 2.05) is 20.8 Å². The second-order valence-electron chi connectivity index (χ2n) is 4.29. The first-order chi connectivity index (χ1) is 7.74. The van der Waals surface area contributed by atoms with E-state index in [9.17, 15) is 13.2 Å². The van der Waals surface area contributed by atoms with Crippen LogP contribution in [0.15, 0.2) is 4.52 Å². The van der Waals surface area contributed by atoms with Crippen molar-refractivity contribution in [2.24, 2.45) is 0 Å². The zero-order valence-electron chi connectivity index (χ0n) is 10.1. The number of nitrogens with zero attached hydrogens (tertiary/aromatic N) is 2. The van der Waals surface area contributed by atoms with Crippen molar-refractivity contribution in [3.05, 3.63) is 11.7 Å². The first-order valence-electron chi connectivity index (χ1n) is 5.39. The lowest BCUT2D eigenvalue weighted by Crippen LogP contribution is -2.36. The Labute approximate surface area is 97.6 Å². The number of aryl methyl sites for hydroxylation is 1. The predicted molar refractivity (Wildman–Crippen MR) is 55.4 cm³/mol. The van der Waals surface area contributed by atoms with Crippen LogP contribution in [-0.2, 0) is 12.0 Å². The molecule has 0 bridgehead atoms. The maximum atomic E-state index is 12.0. The molecule has 0 atom stereocenters. The van der Waals surface area contributed by atoms with E-state index in [1.165, 1.54) is 0 Å². The summed E-state index contributed by atoms with van der Waals surface area (Å²) in [6.45, 7) is 6.28. The molecule has 0 radical (unpaired) electrons. The van der Waals surface area contributed by atoms with Crippen LogP contribution >= 0.6 is 0 Å². The zero-order valence-corrected chi connectivity index (χ0v) is 10.1. The van der Waals surface area contributed by atoms with E-state index in [2.05, 4.69) is 15.5 Å². The summed E-state index contributed by atoms with van der Waals surface area (Å²) in [5, 5.41) is 6.65. The number of rotatable bonds is 5. The molecular formula is C10H16F3N3O. The summed E-state index contributed by atoms with van der Waals surface area (Å²) in [6.07, 6.45) is -5.39. The zero-order chi connectivity index (χ0) is 13.1. The van der Waals surface area contributed by atoms with Crippen molar-refractivity contribution < 1.29 is 17.7 Å².